The summed E-state index contributed by atoms with van der Waals surface area (Å²) in [6.07, 6.45) is 2.14. The van der Waals surface area contributed by atoms with Crippen molar-refractivity contribution in [1.29, 1.82) is 0 Å². The molecule has 0 radical (unpaired) electrons. The third-order valence-electron chi connectivity index (χ3n) is 3.19. The van der Waals surface area contributed by atoms with E-state index in [0.717, 1.165) is 12.5 Å². The Kier molecular flexibility index (Phi) is 1.64. The first-order chi connectivity index (χ1) is 6.86. The van der Waals surface area contributed by atoms with E-state index in [1.54, 1.807) is 0 Å². The predicted molar refractivity (Wildman–Crippen MR) is 58.2 cm³/mol. The maximum Gasteiger partial charge on any atom is 0.0457 e. The van der Waals surface area contributed by atoms with E-state index in [-0.39, 0.29) is 0 Å². The summed E-state index contributed by atoms with van der Waals surface area (Å²) in [7, 11) is 0. The predicted octanol–water partition coefficient (Wildman–Crippen LogP) is 2.45. The first kappa shape index (κ1) is 8.06. The molecule has 1 aliphatic heterocycles. The zero-order valence-corrected chi connectivity index (χ0v) is 8.25. The zero-order chi connectivity index (χ0) is 9.54. The summed E-state index contributed by atoms with van der Waals surface area (Å²) < 4.78 is 0. The van der Waals surface area contributed by atoms with Crippen LogP contribution in [0.3, 0.4) is 0 Å². The first-order valence-electron chi connectivity index (χ1n) is 5.15. The second kappa shape index (κ2) is 2.85. The quantitative estimate of drug-likeness (QED) is 0.703. The first-order valence-corrected chi connectivity index (χ1v) is 5.15. The van der Waals surface area contributed by atoms with Crippen molar-refractivity contribution >= 4 is 10.9 Å². The van der Waals surface area contributed by atoms with Crippen molar-refractivity contribution in [3.05, 3.63) is 36.0 Å². The summed E-state index contributed by atoms with van der Waals surface area (Å²) in [5.74, 6) is 0.759. The number of hydrogen-bond donors (Lipinski definition) is 2. The normalized spacial score (nSPS) is 26.4. The van der Waals surface area contributed by atoms with Crippen LogP contribution in [-0.4, -0.2) is 11.5 Å². The molecule has 14 heavy (non-hydrogen) atoms. The van der Waals surface area contributed by atoms with Gasteiger partial charge in [-0.1, -0.05) is 25.1 Å². The van der Waals surface area contributed by atoms with Gasteiger partial charge in [0.25, 0.3) is 0 Å². The van der Waals surface area contributed by atoms with E-state index in [9.17, 15) is 0 Å². The fourth-order valence-electron chi connectivity index (χ4n) is 2.24. The van der Waals surface area contributed by atoms with Gasteiger partial charge >= 0.3 is 0 Å². The number of para-hydroxylation sites is 1. The van der Waals surface area contributed by atoms with Crippen LogP contribution in [0.5, 0.6) is 0 Å². The molecule has 2 heterocycles. The second-order valence-corrected chi connectivity index (χ2v) is 4.15. The molecule has 2 unspecified atom stereocenters. The Hall–Kier alpha value is -1.28. The SMILES string of the molecule is CC1CNC1c1c[nH]c2ccccc12. The molecule has 0 bridgehead atoms. The third-order valence-corrected chi connectivity index (χ3v) is 3.19. The number of H-pyrrole nitrogens is 1. The molecule has 1 aromatic carbocycles. The van der Waals surface area contributed by atoms with Crippen LogP contribution in [0.25, 0.3) is 10.9 Å². The lowest BCUT2D eigenvalue weighted by atomic mass is 9.87. The third kappa shape index (κ3) is 1.01. The average Bonchev–Trinajstić information content (AvgIpc) is 2.60. The summed E-state index contributed by atoms with van der Waals surface area (Å²) in [5, 5.41) is 4.83. The molecule has 2 aromatic rings. The molecule has 0 spiro atoms. The topological polar surface area (TPSA) is 27.8 Å². The van der Waals surface area contributed by atoms with Crippen molar-refractivity contribution < 1.29 is 0 Å². The molecule has 2 nitrogen and oxygen atoms in total. The molecule has 0 saturated carbocycles. The lowest BCUT2D eigenvalue weighted by Gasteiger charge is -2.35. The van der Waals surface area contributed by atoms with Crippen LogP contribution in [0.4, 0.5) is 0 Å². The standard InChI is InChI=1S/C12H14N2/c1-8-6-14-12(8)10-7-13-11-5-3-2-4-9(10)11/h2-5,7-8,12-14H,6H2,1H3. The van der Waals surface area contributed by atoms with Crippen molar-refractivity contribution in [2.24, 2.45) is 5.92 Å². The highest BCUT2D eigenvalue weighted by Crippen LogP contribution is 2.33. The van der Waals surface area contributed by atoms with Gasteiger partial charge in [-0.25, -0.2) is 0 Å². The van der Waals surface area contributed by atoms with Gasteiger partial charge in [-0.05, 0) is 17.5 Å². The lowest BCUT2D eigenvalue weighted by molar-refractivity contribution is 0.260. The Morgan fingerprint density at radius 2 is 2.14 bits per heavy atom. The Balaban J connectivity index is 2.12. The smallest absolute Gasteiger partial charge is 0.0457 e. The Morgan fingerprint density at radius 3 is 2.86 bits per heavy atom. The van der Waals surface area contributed by atoms with Crippen LogP contribution in [-0.2, 0) is 0 Å². The van der Waals surface area contributed by atoms with Gasteiger partial charge in [-0.2, -0.15) is 0 Å². The van der Waals surface area contributed by atoms with Gasteiger partial charge in [0.15, 0.2) is 0 Å². The zero-order valence-electron chi connectivity index (χ0n) is 8.25. The van der Waals surface area contributed by atoms with Gasteiger partial charge in [-0.3, -0.25) is 0 Å². The van der Waals surface area contributed by atoms with Crippen LogP contribution >= 0.6 is 0 Å². The fraction of sp³-hybridized carbons (Fsp3) is 0.333. The average molecular weight is 186 g/mol. The molecule has 0 amide bonds. The molecule has 1 aromatic heterocycles. The maximum atomic E-state index is 3.47. The van der Waals surface area contributed by atoms with E-state index in [4.69, 9.17) is 0 Å². The number of aromatic nitrogens is 1. The van der Waals surface area contributed by atoms with Crippen LogP contribution in [0.2, 0.25) is 0 Å². The van der Waals surface area contributed by atoms with Gasteiger partial charge in [0, 0.05) is 29.7 Å². The van der Waals surface area contributed by atoms with Crippen molar-refractivity contribution in [1.82, 2.24) is 10.3 Å². The lowest BCUT2D eigenvalue weighted by Crippen LogP contribution is -2.43. The van der Waals surface area contributed by atoms with Crippen LogP contribution in [0.15, 0.2) is 30.5 Å². The fourth-order valence-corrected chi connectivity index (χ4v) is 2.24. The van der Waals surface area contributed by atoms with E-state index in [0.29, 0.717) is 6.04 Å². The van der Waals surface area contributed by atoms with Crippen molar-refractivity contribution in [3.8, 4) is 0 Å². The van der Waals surface area contributed by atoms with Crippen molar-refractivity contribution in [2.75, 3.05) is 6.54 Å². The van der Waals surface area contributed by atoms with Gasteiger partial charge in [-0.15, -0.1) is 0 Å². The number of benzene rings is 1. The van der Waals surface area contributed by atoms with Gasteiger partial charge in [0.2, 0.25) is 0 Å². The molecule has 2 heteroatoms. The molecule has 2 N–H and O–H groups in total. The van der Waals surface area contributed by atoms with Crippen molar-refractivity contribution in [2.45, 2.75) is 13.0 Å². The highest BCUT2D eigenvalue weighted by Gasteiger charge is 2.29. The Labute approximate surface area is 83.3 Å². The molecule has 2 atom stereocenters. The minimum absolute atomic E-state index is 0.547. The minimum Gasteiger partial charge on any atom is -0.361 e. The van der Waals surface area contributed by atoms with E-state index < -0.39 is 0 Å². The van der Waals surface area contributed by atoms with Gasteiger partial charge in [0.1, 0.15) is 0 Å². The summed E-state index contributed by atoms with van der Waals surface area (Å²) in [6, 6.07) is 9.03. The minimum atomic E-state index is 0.547. The molecule has 3 rings (SSSR count). The van der Waals surface area contributed by atoms with E-state index >= 15 is 0 Å². The highest BCUT2D eigenvalue weighted by molar-refractivity contribution is 5.83. The molecule has 1 fully saturated rings. The molecular weight excluding hydrogens is 172 g/mol. The Bertz CT molecular complexity index is 458. The molecular formula is C12H14N2. The highest BCUT2D eigenvalue weighted by atomic mass is 15.0. The van der Waals surface area contributed by atoms with Crippen LogP contribution in [0.1, 0.15) is 18.5 Å². The number of hydrogen-bond acceptors (Lipinski definition) is 1. The van der Waals surface area contributed by atoms with Gasteiger partial charge in [0.05, 0.1) is 0 Å². The number of nitrogens with one attached hydrogen (secondary N) is 2. The number of aromatic amines is 1. The summed E-state index contributed by atoms with van der Waals surface area (Å²) in [5.41, 5.74) is 2.66. The largest absolute Gasteiger partial charge is 0.361 e. The maximum absolute atomic E-state index is 3.47. The van der Waals surface area contributed by atoms with Crippen LogP contribution in [0, 0.1) is 5.92 Å². The summed E-state index contributed by atoms with van der Waals surface area (Å²) in [4.78, 5) is 3.32. The van der Waals surface area contributed by atoms with Crippen molar-refractivity contribution in [3.63, 3.8) is 0 Å². The second-order valence-electron chi connectivity index (χ2n) is 4.15. The Morgan fingerprint density at radius 1 is 1.29 bits per heavy atom. The van der Waals surface area contributed by atoms with E-state index in [1.807, 2.05) is 0 Å². The van der Waals surface area contributed by atoms with Crippen LogP contribution < -0.4 is 5.32 Å². The number of rotatable bonds is 1. The van der Waals surface area contributed by atoms with E-state index in [1.165, 1.54) is 16.5 Å². The molecule has 72 valence electrons. The summed E-state index contributed by atoms with van der Waals surface area (Å²) in [6.45, 7) is 3.44. The molecule has 0 aliphatic carbocycles. The van der Waals surface area contributed by atoms with E-state index in [2.05, 4.69) is 47.7 Å². The van der Waals surface area contributed by atoms with Gasteiger partial charge < -0.3 is 10.3 Å². The number of fused-ring (bicyclic) bond motifs is 1. The monoisotopic (exact) mass is 186 g/mol. The summed E-state index contributed by atoms with van der Waals surface area (Å²) >= 11 is 0. The molecule has 1 aliphatic rings. The molecule has 1 saturated heterocycles.